The Bertz CT molecular complexity index is 314. The van der Waals surface area contributed by atoms with Crippen LogP contribution in [0.4, 0.5) is 10.1 Å². The smallest absolute Gasteiger partial charge is 0.124 e. The molecule has 1 aromatic carbocycles. The molecule has 1 aromatic rings. The maximum absolute atomic E-state index is 12.6. The van der Waals surface area contributed by atoms with Crippen LogP contribution in [-0.4, -0.2) is 19.3 Å². The van der Waals surface area contributed by atoms with Crippen LogP contribution in [-0.2, 0) is 4.74 Å². The topological polar surface area (TPSA) is 21.3 Å². The van der Waals surface area contributed by atoms with Gasteiger partial charge in [-0.25, -0.2) is 4.39 Å². The van der Waals surface area contributed by atoms with Crippen LogP contribution in [0.3, 0.4) is 0 Å². The fourth-order valence-electron chi connectivity index (χ4n) is 1.15. The highest BCUT2D eigenvalue weighted by Gasteiger charge is 2.18. The molecule has 1 aliphatic heterocycles. The Morgan fingerprint density at radius 2 is 2.23 bits per heavy atom. The summed E-state index contributed by atoms with van der Waals surface area (Å²) in [6.07, 6.45) is 0. The van der Waals surface area contributed by atoms with Crippen molar-refractivity contribution in [2.24, 2.45) is 0 Å². The molecule has 0 aromatic heterocycles. The van der Waals surface area contributed by atoms with Crippen molar-refractivity contribution in [2.45, 2.75) is 6.04 Å². The number of nitrogens with one attached hydrogen (secondary N) is 1. The zero-order valence-corrected chi connectivity index (χ0v) is 7.64. The number of benzene rings is 1. The normalized spacial score (nSPS) is 16.8. The van der Waals surface area contributed by atoms with Crippen LogP contribution in [0.15, 0.2) is 18.2 Å². The van der Waals surface area contributed by atoms with Crippen molar-refractivity contribution >= 4 is 17.3 Å². The lowest BCUT2D eigenvalue weighted by atomic mass is 10.2. The van der Waals surface area contributed by atoms with Crippen molar-refractivity contribution in [3.05, 3.63) is 29.0 Å². The first-order valence-corrected chi connectivity index (χ1v) is 4.43. The molecule has 2 nitrogen and oxygen atoms in total. The van der Waals surface area contributed by atoms with Crippen molar-refractivity contribution in [3.8, 4) is 0 Å². The Balaban J connectivity index is 2.10. The minimum absolute atomic E-state index is 0.308. The Morgan fingerprint density at radius 1 is 1.46 bits per heavy atom. The predicted octanol–water partition coefficient (Wildman–Crippen LogP) is 2.29. The molecule has 0 saturated carbocycles. The van der Waals surface area contributed by atoms with Gasteiger partial charge in [-0.2, -0.15) is 0 Å². The van der Waals surface area contributed by atoms with Gasteiger partial charge in [-0.3, -0.25) is 0 Å². The Hall–Kier alpha value is -0.800. The van der Waals surface area contributed by atoms with Gasteiger partial charge in [0, 0.05) is 0 Å². The molecule has 70 valence electrons. The SMILES string of the molecule is Fc1ccc(NC2COC2)c(Cl)c1. The molecular weight excluding hydrogens is 193 g/mol. The standard InChI is InChI=1S/C9H9ClFNO/c10-8-3-6(11)1-2-9(8)12-7-4-13-5-7/h1-3,7,12H,4-5H2. The van der Waals surface area contributed by atoms with Crippen molar-refractivity contribution in [2.75, 3.05) is 18.5 Å². The van der Waals surface area contributed by atoms with Crippen molar-refractivity contribution < 1.29 is 9.13 Å². The predicted molar refractivity (Wildman–Crippen MR) is 49.6 cm³/mol. The van der Waals surface area contributed by atoms with E-state index < -0.39 is 0 Å². The molecule has 0 radical (unpaired) electrons. The van der Waals surface area contributed by atoms with Crippen LogP contribution < -0.4 is 5.32 Å². The Labute approximate surface area is 80.7 Å². The van der Waals surface area contributed by atoms with Gasteiger partial charge in [-0.1, -0.05) is 11.6 Å². The highest BCUT2D eigenvalue weighted by atomic mass is 35.5. The van der Waals surface area contributed by atoms with Crippen molar-refractivity contribution in [1.82, 2.24) is 0 Å². The maximum atomic E-state index is 12.6. The monoisotopic (exact) mass is 201 g/mol. The van der Waals surface area contributed by atoms with Gasteiger partial charge in [0.1, 0.15) is 5.82 Å². The van der Waals surface area contributed by atoms with E-state index in [9.17, 15) is 4.39 Å². The molecule has 2 rings (SSSR count). The van der Waals surface area contributed by atoms with Crippen molar-refractivity contribution in [3.63, 3.8) is 0 Å². The zero-order chi connectivity index (χ0) is 9.26. The molecule has 0 unspecified atom stereocenters. The number of hydrogen-bond donors (Lipinski definition) is 1. The molecule has 0 aliphatic carbocycles. The summed E-state index contributed by atoms with van der Waals surface area (Å²) in [5.74, 6) is -0.319. The van der Waals surface area contributed by atoms with Crippen LogP contribution in [0, 0.1) is 5.82 Å². The van der Waals surface area contributed by atoms with E-state index in [4.69, 9.17) is 16.3 Å². The minimum atomic E-state index is -0.319. The third-order valence-electron chi connectivity index (χ3n) is 1.93. The molecule has 4 heteroatoms. The maximum Gasteiger partial charge on any atom is 0.124 e. The van der Waals surface area contributed by atoms with E-state index in [1.807, 2.05) is 0 Å². The first kappa shape index (κ1) is 8.78. The lowest BCUT2D eigenvalue weighted by Crippen LogP contribution is -2.40. The first-order chi connectivity index (χ1) is 6.25. The fraction of sp³-hybridized carbons (Fsp3) is 0.333. The van der Waals surface area contributed by atoms with Crippen molar-refractivity contribution in [1.29, 1.82) is 0 Å². The number of anilines is 1. The van der Waals surface area contributed by atoms with Gasteiger partial charge in [-0.15, -0.1) is 0 Å². The van der Waals surface area contributed by atoms with Gasteiger partial charge in [0.05, 0.1) is 30.0 Å². The molecule has 0 bridgehead atoms. The van der Waals surface area contributed by atoms with Crippen LogP contribution in [0.1, 0.15) is 0 Å². The highest BCUT2D eigenvalue weighted by Crippen LogP contribution is 2.24. The summed E-state index contributed by atoms with van der Waals surface area (Å²) in [5, 5.41) is 3.56. The van der Waals surface area contributed by atoms with E-state index in [1.54, 1.807) is 6.07 Å². The fourth-order valence-corrected chi connectivity index (χ4v) is 1.37. The van der Waals surface area contributed by atoms with E-state index in [0.717, 1.165) is 5.69 Å². The van der Waals surface area contributed by atoms with Gasteiger partial charge in [0.25, 0.3) is 0 Å². The quantitative estimate of drug-likeness (QED) is 0.793. The Kier molecular flexibility index (Phi) is 2.38. The third-order valence-corrected chi connectivity index (χ3v) is 2.24. The summed E-state index contributed by atoms with van der Waals surface area (Å²) in [5.41, 5.74) is 0.761. The largest absolute Gasteiger partial charge is 0.377 e. The van der Waals surface area contributed by atoms with Crippen LogP contribution in [0.25, 0.3) is 0 Å². The van der Waals surface area contributed by atoms with E-state index >= 15 is 0 Å². The lowest BCUT2D eigenvalue weighted by molar-refractivity contribution is 0.0211. The Morgan fingerprint density at radius 3 is 2.77 bits per heavy atom. The van der Waals surface area contributed by atoms with Gasteiger partial charge in [0.15, 0.2) is 0 Å². The van der Waals surface area contributed by atoms with Crippen LogP contribution in [0.5, 0.6) is 0 Å². The molecule has 0 atom stereocenters. The van der Waals surface area contributed by atoms with Gasteiger partial charge >= 0.3 is 0 Å². The van der Waals surface area contributed by atoms with E-state index in [0.29, 0.717) is 24.3 Å². The highest BCUT2D eigenvalue weighted by molar-refractivity contribution is 6.33. The number of rotatable bonds is 2. The molecule has 1 aliphatic rings. The van der Waals surface area contributed by atoms with Crippen LogP contribution in [0.2, 0.25) is 5.02 Å². The molecule has 1 saturated heterocycles. The average molecular weight is 202 g/mol. The van der Waals surface area contributed by atoms with Gasteiger partial charge in [-0.05, 0) is 18.2 Å². The zero-order valence-electron chi connectivity index (χ0n) is 6.89. The van der Waals surface area contributed by atoms with E-state index in [1.165, 1.54) is 12.1 Å². The molecule has 0 spiro atoms. The summed E-state index contributed by atoms with van der Waals surface area (Å²) in [6.45, 7) is 1.38. The molecule has 0 amide bonds. The molecular formula is C9H9ClFNO. The molecule has 1 fully saturated rings. The summed E-state index contributed by atoms with van der Waals surface area (Å²) in [7, 11) is 0. The summed E-state index contributed by atoms with van der Waals surface area (Å²) in [4.78, 5) is 0. The lowest BCUT2D eigenvalue weighted by Gasteiger charge is -2.28. The summed E-state index contributed by atoms with van der Waals surface area (Å²) >= 11 is 5.81. The molecule has 1 N–H and O–H groups in total. The second-order valence-electron chi connectivity index (χ2n) is 3.00. The second kappa shape index (κ2) is 3.52. The number of hydrogen-bond acceptors (Lipinski definition) is 2. The van der Waals surface area contributed by atoms with Gasteiger partial charge in [0.2, 0.25) is 0 Å². The third kappa shape index (κ3) is 1.92. The average Bonchev–Trinajstić information content (AvgIpc) is 1.99. The molecule has 13 heavy (non-hydrogen) atoms. The minimum Gasteiger partial charge on any atom is -0.377 e. The summed E-state index contributed by atoms with van der Waals surface area (Å²) in [6, 6.07) is 4.62. The number of ether oxygens (including phenoxy) is 1. The van der Waals surface area contributed by atoms with Crippen LogP contribution >= 0.6 is 11.6 Å². The number of halogens is 2. The molecule has 1 heterocycles. The van der Waals surface area contributed by atoms with E-state index in [-0.39, 0.29) is 5.82 Å². The second-order valence-corrected chi connectivity index (χ2v) is 3.41. The first-order valence-electron chi connectivity index (χ1n) is 4.05. The summed E-state index contributed by atoms with van der Waals surface area (Å²) < 4.78 is 17.6. The van der Waals surface area contributed by atoms with E-state index in [2.05, 4.69) is 5.32 Å². The van der Waals surface area contributed by atoms with Gasteiger partial charge < -0.3 is 10.1 Å².